The average Bonchev–Trinajstić information content (AvgIpc) is 2.72. The molecule has 0 atom stereocenters. The Hall–Kier alpha value is -3.70. The van der Waals surface area contributed by atoms with Gasteiger partial charge in [0.25, 0.3) is 20.0 Å². The van der Waals surface area contributed by atoms with Crippen molar-refractivity contribution in [2.45, 2.75) is 9.79 Å². The summed E-state index contributed by atoms with van der Waals surface area (Å²) >= 11 is 0. The molecule has 0 bridgehead atoms. The Morgan fingerprint density at radius 1 is 0.667 bits per heavy atom. The molecule has 33 heavy (non-hydrogen) atoms. The van der Waals surface area contributed by atoms with E-state index in [4.69, 9.17) is 0 Å². The maximum Gasteiger partial charge on any atom is 0.262 e. The number of phenolic OH excluding ortho intramolecular Hbond substituents is 1. The van der Waals surface area contributed by atoms with Crippen molar-refractivity contribution in [3.05, 3.63) is 90.5 Å². The molecule has 170 valence electrons. The van der Waals surface area contributed by atoms with Crippen LogP contribution in [-0.4, -0.2) is 21.9 Å². The van der Waals surface area contributed by atoms with Gasteiger partial charge < -0.3 is 5.11 Å². The molecule has 7 nitrogen and oxygen atoms in total. The summed E-state index contributed by atoms with van der Waals surface area (Å²) in [7, 11) is -8.74. The number of aromatic hydroxyl groups is 1. The summed E-state index contributed by atoms with van der Waals surface area (Å²) in [6.45, 7) is 0. The number of hydrogen-bond donors (Lipinski definition) is 3. The number of phenols is 1. The molecule has 3 N–H and O–H groups in total. The summed E-state index contributed by atoms with van der Waals surface area (Å²) in [5.41, 5.74) is -0.127. The molecule has 0 unspecified atom stereocenters. The largest absolute Gasteiger partial charge is 0.508 e. The van der Waals surface area contributed by atoms with Crippen LogP contribution in [0.3, 0.4) is 0 Å². The molecule has 11 heteroatoms. The third-order valence-electron chi connectivity index (χ3n) is 4.63. The molecular weight excluding hydrogens is 474 g/mol. The summed E-state index contributed by atoms with van der Waals surface area (Å²) in [6.07, 6.45) is 0. The molecule has 0 spiro atoms. The first-order chi connectivity index (χ1) is 15.5. The van der Waals surface area contributed by atoms with Crippen molar-refractivity contribution in [1.29, 1.82) is 0 Å². The predicted molar refractivity (Wildman–Crippen MR) is 120 cm³/mol. The molecular formula is C22H16F2N2O5S2. The highest BCUT2D eigenvalue weighted by molar-refractivity contribution is 7.93. The minimum atomic E-state index is -4.42. The summed E-state index contributed by atoms with van der Waals surface area (Å²) in [6, 6.07) is 15.4. The SMILES string of the molecule is O=S(=O)(Nc1cccc(F)c1)c1cc(S(=O)(=O)Nc2cccc(F)c2)c2cc(O)ccc2c1. The Balaban J connectivity index is 1.86. The first-order valence-corrected chi connectivity index (χ1v) is 12.3. The lowest BCUT2D eigenvalue weighted by atomic mass is 10.1. The summed E-state index contributed by atoms with van der Waals surface area (Å²) < 4.78 is 83.6. The molecule has 0 amide bonds. The Bertz CT molecular complexity index is 1590. The maximum atomic E-state index is 13.5. The van der Waals surface area contributed by atoms with Crippen molar-refractivity contribution < 1.29 is 30.7 Å². The minimum absolute atomic E-state index is 0.0450. The molecule has 0 heterocycles. The van der Waals surface area contributed by atoms with Gasteiger partial charge in [-0.1, -0.05) is 18.2 Å². The second-order valence-corrected chi connectivity index (χ2v) is 10.4. The lowest BCUT2D eigenvalue weighted by molar-refractivity contribution is 0.476. The van der Waals surface area contributed by atoms with Crippen LogP contribution in [0.4, 0.5) is 20.2 Å². The highest BCUT2D eigenvalue weighted by atomic mass is 32.2. The number of anilines is 2. The molecule has 0 aliphatic rings. The highest BCUT2D eigenvalue weighted by Gasteiger charge is 2.24. The molecule has 4 rings (SSSR count). The maximum absolute atomic E-state index is 13.5. The number of hydrogen-bond acceptors (Lipinski definition) is 5. The van der Waals surface area contributed by atoms with E-state index in [-0.39, 0.29) is 27.9 Å². The van der Waals surface area contributed by atoms with Crippen molar-refractivity contribution in [3.63, 3.8) is 0 Å². The average molecular weight is 491 g/mol. The van der Waals surface area contributed by atoms with Crippen molar-refractivity contribution in [1.82, 2.24) is 0 Å². The fourth-order valence-electron chi connectivity index (χ4n) is 3.19. The quantitative estimate of drug-likeness (QED) is 0.370. The van der Waals surface area contributed by atoms with Crippen LogP contribution >= 0.6 is 0 Å². The second kappa shape index (κ2) is 8.34. The zero-order chi connectivity index (χ0) is 23.8. The second-order valence-electron chi connectivity index (χ2n) is 7.06. The van der Waals surface area contributed by atoms with Crippen molar-refractivity contribution in [2.75, 3.05) is 9.44 Å². The highest BCUT2D eigenvalue weighted by Crippen LogP contribution is 2.32. The van der Waals surface area contributed by atoms with Crippen molar-refractivity contribution in [2.24, 2.45) is 0 Å². The van der Waals surface area contributed by atoms with Gasteiger partial charge in [0.1, 0.15) is 17.4 Å². The molecule has 4 aromatic carbocycles. The van der Waals surface area contributed by atoms with E-state index in [9.17, 15) is 30.7 Å². The van der Waals surface area contributed by atoms with E-state index < -0.39 is 41.5 Å². The number of halogens is 2. The minimum Gasteiger partial charge on any atom is -0.508 e. The zero-order valence-electron chi connectivity index (χ0n) is 16.7. The van der Waals surface area contributed by atoms with E-state index >= 15 is 0 Å². The van der Waals surface area contributed by atoms with E-state index in [0.717, 1.165) is 30.3 Å². The summed E-state index contributed by atoms with van der Waals surface area (Å²) in [5.74, 6) is -1.57. The number of nitrogens with one attached hydrogen (secondary N) is 2. The monoisotopic (exact) mass is 490 g/mol. The van der Waals surface area contributed by atoms with Crippen molar-refractivity contribution in [3.8, 4) is 5.75 Å². The molecule has 0 aromatic heterocycles. The lowest BCUT2D eigenvalue weighted by Gasteiger charge is -2.14. The Kier molecular flexibility index (Phi) is 5.68. The third kappa shape index (κ3) is 4.89. The van der Waals surface area contributed by atoms with E-state index in [0.29, 0.717) is 0 Å². The van der Waals surface area contributed by atoms with Crippen molar-refractivity contribution >= 4 is 42.2 Å². The number of rotatable bonds is 6. The van der Waals surface area contributed by atoms with Crippen LogP contribution in [0.5, 0.6) is 5.75 Å². The van der Waals surface area contributed by atoms with Crippen LogP contribution in [0.1, 0.15) is 0 Å². The lowest BCUT2D eigenvalue weighted by Crippen LogP contribution is -2.17. The molecule has 0 saturated heterocycles. The topological polar surface area (TPSA) is 113 Å². The van der Waals surface area contributed by atoms with Crippen LogP contribution in [-0.2, 0) is 20.0 Å². The van der Waals surface area contributed by atoms with Gasteiger partial charge in [0.15, 0.2) is 0 Å². The Morgan fingerprint density at radius 2 is 1.24 bits per heavy atom. The number of benzene rings is 4. The number of fused-ring (bicyclic) bond motifs is 1. The van der Waals surface area contributed by atoms with Gasteiger partial charge in [-0.15, -0.1) is 0 Å². The van der Waals surface area contributed by atoms with Crippen LogP contribution in [0, 0.1) is 11.6 Å². The standard InChI is InChI=1S/C22H16F2N2O5S2/c23-15-3-1-5-17(10-15)25-32(28,29)20-9-14-7-8-19(27)12-21(14)22(13-20)33(30,31)26-18-6-2-4-16(24)11-18/h1-13,25-27H. The predicted octanol–water partition coefficient (Wildman–Crippen LogP) is 4.43. The van der Waals surface area contributed by atoms with Gasteiger partial charge in [0.05, 0.1) is 21.2 Å². The van der Waals surface area contributed by atoms with Gasteiger partial charge >= 0.3 is 0 Å². The van der Waals surface area contributed by atoms with Gasteiger partial charge in [-0.25, -0.2) is 25.6 Å². The first kappa shape index (κ1) is 22.5. The van der Waals surface area contributed by atoms with Gasteiger partial charge in [0, 0.05) is 5.39 Å². The first-order valence-electron chi connectivity index (χ1n) is 9.37. The van der Waals surface area contributed by atoms with Crippen LogP contribution in [0.15, 0.2) is 88.7 Å². The van der Waals surface area contributed by atoms with Crippen LogP contribution < -0.4 is 9.44 Å². The Morgan fingerprint density at radius 3 is 1.82 bits per heavy atom. The molecule has 4 aromatic rings. The van der Waals surface area contributed by atoms with E-state index in [1.165, 1.54) is 48.5 Å². The fourth-order valence-corrected chi connectivity index (χ4v) is 5.67. The smallest absolute Gasteiger partial charge is 0.262 e. The summed E-state index contributed by atoms with van der Waals surface area (Å²) in [5, 5.41) is 10.1. The fraction of sp³-hybridized carbons (Fsp3) is 0. The molecule has 0 aliphatic heterocycles. The molecule has 0 radical (unpaired) electrons. The third-order valence-corrected chi connectivity index (χ3v) is 7.41. The summed E-state index contributed by atoms with van der Waals surface area (Å²) in [4.78, 5) is -0.871. The van der Waals surface area contributed by atoms with Gasteiger partial charge in [-0.3, -0.25) is 9.44 Å². The Labute approximate surface area is 188 Å². The zero-order valence-corrected chi connectivity index (χ0v) is 18.3. The van der Waals surface area contributed by atoms with Crippen LogP contribution in [0.2, 0.25) is 0 Å². The van der Waals surface area contributed by atoms with Gasteiger partial charge in [0.2, 0.25) is 0 Å². The van der Waals surface area contributed by atoms with E-state index in [1.807, 2.05) is 0 Å². The normalized spacial score (nSPS) is 11.9. The number of sulfonamides is 2. The van der Waals surface area contributed by atoms with E-state index in [1.54, 1.807) is 0 Å². The molecule has 0 saturated carbocycles. The van der Waals surface area contributed by atoms with E-state index in [2.05, 4.69) is 9.44 Å². The molecule has 0 fully saturated rings. The van der Waals surface area contributed by atoms with Gasteiger partial charge in [-0.2, -0.15) is 0 Å². The van der Waals surface area contributed by atoms with Gasteiger partial charge in [-0.05, 0) is 66.0 Å². The van der Waals surface area contributed by atoms with Crippen LogP contribution in [0.25, 0.3) is 10.8 Å². The molecule has 0 aliphatic carbocycles.